The SMILES string of the molecule is Cc1ccc(NC(=O)CN(CC(N)=O)CC(=O)O)c(Br)c1. The zero-order valence-electron chi connectivity index (χ0n) is 11.4. The lowest BCUT2D eigenvalue weighted by molar-refractivity contribution is -0.138. The number of nitrogens with two attached hydrogens (primary N) is 1. The van der Waals surface area contributed by atoms with Crippen molar-refractivity contribution in [2.24, 2.45) is 5.73 Å². The summed E-state index contributed by atoms with van der Waals surface area (Å²) < 4.78 is 0.718. The third-order valence-electron chi connectivity index (χ3n) is 2.50. The van der Waals surface area contributed by atoms with Gasteiger partial charge >= 0.3 is 5.97 Å². The van der Waals surface area contributed by atoms with E-state index in [1.807, 2.05) is 19.1 Å². The molecule has 0 fully saturated rings. The molecular weight excluding hydrogens is 342 g/mol. The van der Waals surface area contributed by atoms with E-state index in [0.717, 1.165) is 14.9 Å². The highest BCUT2D eigenvalue weighted by Crippen LogP contribution is 2.23. The molecule has 8 heteroatoms. The number of carboxylic acids is 1. The molecule has 21 heavy (non-hydrogen) atoms. The van der Waals surface area contributed by atoms with E-state index in [2.05, 4.69) is 21.2 Å². The summed E-state index contributed by atoms with van der Waals surface area (Å²) in [6, 6.07) is 5.40. The standard InChI is InChI=1S/C13H16BrN3O4/c1-8-2-3-10(9(14)4-8)16-12(19)6-17(5-11(15)18)7-13(20)21/h2-4H,5-7H2,1H3,(H2,15,18)(H,16,19)(H,20,21). The number of benzene rings is 1. The number of nitrogens with zero attached hydrogens (tertiary/aromatic N) is 1. The molecule has 0 aliphatic carbocycles. The molecule has 0 saturated carbocycles. The molecule has 1 rings (SSSR count). The van der Waals surface area contributed by atoms with E-state index in [-0.39, 0.29) is 13.1 Å². The number of anilines is 1. The van der Waals surface area contributed by atoms with Crippen LogP contribution in [0, 0.1) is 6.92 Å². The second kappa shape index (κ2) is 7.75. The van der Waals surface area contributed by atoms with Gasteiger partial charge in [0.25, 0.3) is 0 Å². The molecule has 0 aromatic heterocycles. The molecule has 0 spiro atoms. The van der Waals surface area contributed by atoms with E-state index in [0.29, 0.717) is 5.69 Å². The van der Waals surface area contributed by atoms with Crippen LogP contribution in [0.2, 0.25) is 0 Å². The summed E-state index contributed by atoms with van der Waals surface area (Å²) in [5.74, 6) is -2.26. The minimum Gasteiger partial charge on any atom is -0.480 e. The summed E-state index contributed by atoms with van der Waals surface area (Å²) >= 11 is 3.33. The molecule has 7 nitrogen and oxygen atoms in total. The van der Waals surface area contributed by atoms with Crippen molar-refractivity contribution in [1.29, 1.82) is 0 Å². The predicted molar refractivity (Wildman–Crippen MR) is 80.8 cm³/mol. The topological polar surface area (TPSA) is 113 Å². The van der Waals surface area contributed by atoms with Crippen molar-refractivity contribution < 1.29 is 19.5 Å². The van der Waals surface area contributed by atoms with Gasteiger partial charge in [-0.2, -0.15) is 0 Å². The van der Waals surface area contributed by atoms with E-state index in [4.69, 9.17) is 10.8 Å². The second-order valence-electron chi connectivity index (χ2n) is 4.54. The van der Waals surface area contributed by atoms with E-state index in [9.17, 15) is 14.4 Å². The molecule has 0 aliphatic heterocycles. The number of nitrogens with one attached hydrogen (secondary N) is 1. The summed E-state index contributed by atoms with van der Waals surface area (Å²) in [6.45, 7) is 0.938. The van der Waals surface area contributed by atoms with Crippen molar-refractivity contribution >= 4 is 39.4 Å². The second-order valence-corrected chi connectivity index (χ2v) is 5.39. The molecular formula is C13H16BrN3O4. The molecule has 0 aliphatic rings. The fraction of sp³-hybridized carbons (Fsp3) is 0.308. The summed E-state index contributed by atoms with van der Waals surface area (Å²) in [5.41, 5.74) is 6.62. The Hall–Kier alpha value is -1.93. The van der Waals surface area contributed by atoms with Crippen LogP contribution in [0.5, 0.6) is 0 Å². The van der Waals surface area contributed by atoms with E-state index in [1.54, 1.807) is 6.07 Å². The Morgan fingerprint density at radius 2 is 1.95 bits per heavy atom. The Bertz CT molecular complexity index is 546. The number of halogens is 1. The van der Waals surface area contributed by atoms with Crippen molar-refractivity contribution in [2.45, 2.75) is 6.92 Å². The average molecular weight is 358 g/mol. The van der Waals surface area contributed by atoms with Crippen LogP contribution in [0.4, 0.5) is 5.69 Å². The number of rotatable bonds is 7. The number of aryl methyl sites for hydroxylation is 1. The van der Waals surface area contributed by atoms with Gasteiger partial charge in [-0.05, 0) is 40.5 Å². The lowest BCUT2D eigenvalue weighted by Gasteiger charge is -2.18. The number of amides is 2. The van der Waals surface area contributed by atoms with Crippen molar-refractivity contribution in [3.8, 4) is 0 Å². The lowest BCUT2D eigenvalue weighted by atomic mass is 10.2. The van der Waals surface area contributed by atoms with Gasteiger partial charge in [-0.3, -0.25) is 19.3 Å². The van der Waals surface area contributed by atoms with E-state index in [1.165, 1.54) is 0 Å². The van der Waals surface area contributed by atoms with Crippen LogP contribution < -0.4 is 11.1 Å². The molecule has 0 radical (unpaired) electrons. The molecule has 2 amide bonds. The smallest absolute Gasteiger partial charge is 0.317 e. The maximum atomic E-state index is 11.9. The van der Waals surface area contributed by atoms with Gasteiger partial charge in [0.15, 0.2) is 0 Å². The first-order chi connectivity index (χ1) is 9.77. The van der Waals surface area contributed by atoms with E-state index >= 15 is 0 Å². The highest BCUT2D eigenvalue weighted by Gasteiger charge is 2.16. The first-order valence-electron chi connectivity index (χ1n) is 6.06. The van der Waals surface area contributed by atoms with Crippen molar-refractivity contribution in [3.63, 3.8) is 0 Å². The highest BCUT2D eigenvalue weighted by molar-refractivity contribution is 9.10. The molecule has 114 valence electrons. The van der Waals surface area contributed by atoms with Gasteiger partial charge in [0.05, 0.1) is 25.3 Å². The molecule has 0 unspecified atom stereocenters. The van der Waals surface area contributed by atoms with Crippen LogP contribution in [0.25, 0.3) is 0 Å². The van der Waals surface area contributed by atoms with Gasteiger partial charge in [-0.25, -0.2) is 0 Å². The molecule has 4 N–H and O–H groups in total. The Morgan fingerprint density at radius 3 is 2.48 bits per heavy atom. The fourth-order valence-corrected chi connectivity index (χ4v) is 2.29. The van der Waals surface area contributed by atoms with Gasteiger partial charge < -0.3 is 16.2 Å². The number of carbonyl (C=O) groups excluding carboxylic acids is 2. The maximum Gasteiger partial charge on any atom is 0.317 e. The summed E-state index contributed by atoms with van der Waals surface area (Å²) in [4.78, 5) is 34.6. The quantitative estimate of drug-likeness (QED) is 0.660. The van der Waals surface area contributed by atoms with Gasteiger partial charge in [0, 0.05) is 4.47 Å². The highest BCUT2D eigenvalue weighted by atomic mass is 79.9. The van der Waals surface area contributed by atoms with Crippen molar-refractivity contribution in [2.75, 3.05) is 25.0 Å². The van der Waals surface area contributed by atoms with Crippen LogP contribution in [0.3, 0.4) is 0 Å². The number of primary amides is 1. The van der Waals surface area contributed by atoms with Crippen LogP contribution >= 0.6 is 15.9 Å². The largest absolute Gasteiger partial charge is 0.480 e. The molecule has 1 aromatic rings. The normalized spacial score (nSPS) is 10.4. The summed E-state index contributed by atoms with van der Waals surface area (Å²) in [5, 5.41) is 11.4. The molecule has 0 saturated heterocycles. The monoisotopic (exact) mass is 357 g/mol. The van der Waals surface area contributed by atoms with Gasteiger partial charge in [-0.15, -0.1) is 0 Å². The van der Waals surface area contributed by atoms with Crippen LogP contribution in [-0.4, -0.2) is 47.4 Å². The van der Waals surface area contributed by atoms with Crippen LogP contribution in [-0.2, 0) is 14.4 Å². The number of hydrogen-bond acceptors (Lipinski definition) is 4. The first kappa shape index (κ1) is 17.1. The van der Waals surface area contributed by atoms with Gasteiger partial charge in [-0.1, -0.05) is 6.07 Å². The molecule has 0 atom stereocenters. The first-order valence-corrected chi connectivity index (χ1v) is 6.85. The zero-order valence-corrected chi connectivity index (χ0v) is 13.0. The molecule has 0 heterocycles. The zero-order chi connectivity index (χ0) is 16.0. The van der Waals surface area contributed by atoms with Crippen molar-refractivity contribution in [1.82, 2.24) is 4.90 Å². The third kappa shape index (κ3) is 6.37. The third-order valence-corrected chi connectivity index (χ3v) is 3.16. The van der Waals surface area contributed by atoms with Crippen LogP contribution in [0.1, 0.15) is 5.56 Å². The average Bonchev–Trinajstić information content (AvgIpc) is 2.30. The Labute approximate surface area is 130 Å². The van der Waals surface area contributed by atoms with Crippen LogP contribution in [0.15, 0.2) is 22.7 Å². The lowest BCUT2D eigenvalue weighted by Crippen LogP contribution is -2.41. The molecule has 0 bridgehead atoms. The Balaban J connectivity index is 2.68. The number of hydrogen-bond donors (Lipinski definition) is 3. The molecule has 1 aromatic carbocycles. The fourth-order valence-electron chi connectivity index (χ4n) is 1.69. The Morgan fingerprint density at radius 1 is 1.29 bits per heavy atom. The predicted octanol–water partition coefficient (Wildman–Crippen LogP) is 0.568. The summed E-state index contributed by atoms with van der Waals surface area (Å²) in [6.07, 6.45) is 0. The summed E-state index contributed by atoms with van der Waals surface area (Å²) in [7, 11) is 0. The number of aliphatic carboxylic acids is 1. The minimum absolute atomic E-state index is 0.241. The Kier molecular flexibility index (Phi) is 6.32. The van der Waals surface area contributed by atoms with Gasteiger partial charge in [0.1, 0.15) is 0 Å². The number of carbonyl (C=O) groups is 3. The van der Waals surface area contributed by atoms with E-state index < -0.39 is 24.3 Å². The number of carboxylic acid groups (broad SMARTS) is 1. The maximum absolute atomic E-state index is 11.9. The van der Waals surface area contributed by atoms with Gasteiger partial charge in [0.2, 0.25) is 11.8 Å². The van der Waals surface area contributed by atoms with Crippen molar-refractivity contribution in [3.05, 3.63) is 28.2 Å². The minimum atomic E-state index is -1.14.